The van der Waals surface area contributed by atoms with E-state index in [0.29, 0.717) is 35.1 Å². The second-order valence-electron chi connectivity index (χ2n) is 21.2. The summed E-state index contributed by atoms with van der Waals surface area (Å²) in [5.41, 5.74) is 5.17. The predicted octanol–water partition coefficient (Wildman–Crippen LogP) is 9.89. The Kier molecular flexibility index (Phi) is 17.8. The Bertz CT molecular complexity index is 2570. The number of carbonyl (C=O) groups is 5. The highest BCUT2D eigenvalue weighted by Gasteiger charge is 2.64. The average molecular weight is 1010 g/mol. The fourth-order valence-electron chi connectivity index (χ4n) is 10.2. The minimum Gasteiger partial charge on any atom is -0.489 e. The first-order chi connectivity index (χ1) is 33.5. The quantitative estimate of drug-likeness (QED) is 0.0532. The normalized spacial score (nSPS) is 19.9. The molecule has 3 aromatic carbocycles. The van der Waals surface area contributed by atoms with Crippen LogP contribution in [-0.2, 0) is 28.7 Å². The lowest BCUT2D eigenvalue weighted by molar-refractivity contribution is -0.164. The number of nitriles is 1. The number of amides is 3. The van der Waals surface area contributed by atoms with Crippen molar-refractivity contribution in [3.8, 4) is 22.3 Å². The Hall–Kier alpha value is -5.82. The lowest BCUT2D eigenvalue weighted by Gasteiger charge is -2.63. The van der Waals surface area contributed by atoms with Gasteiger partial charge in [0.2, 0.25) is 11.8 Å². The second-order valence-corrected chi connectivity index (χ2v) is 22.4. The van der Waals surface area contributed by atoms with E-state index in [4.69, 9.17) is 25.8 Å². The van der Waals surface area contributed by atoms with Gasteiger partial charge in [-0.15, -0.1) is 11.3 Å². The third-order valence-electron chi connectivity index (χ3n) is 13.9. The number of aryl methyl sites for hydroxylation is 1. The van der Waals surface area contributed by atoms with Crippen LogP contribution in [-0.4, -0.2) is 90.0 Å². The molecule has 4 atom stereocenters. The molecule has 0 radical (unpaired) electrons. The summed E-state index contributed by atoms with van der Waals surface area (Å²) in [6, 6.07) is 21.0. The number of ether oxygens (including phenoxy) is 3. The molecule has 380 valence electrons. The molecule has 14 nitrogen and oxygen atoms in total. The molecule has 0 spiro atoms. The number of carbonyl (C=O) groups excluding carboxylic acids is 5. The van der Waals surface area contributed by atoms with Crippen LogP contribution in [0, 0.1) is 40.4 Å². The first kappa shape index (κ1) is 54.5. The summed E-state index contributed by atoms with van der Waals surface area (Å²) < 4.78 is 17.7. The number of likely N-dealkylation sites (tertiary alicyclic amines) is 1. The number of nitrogens with one attached hydrogen (secondary N) is 3. The van der Waals surface area contributed by atoms with E-state index in [1.54, 1.807) is 41.7 Å². The molecule has 0 bridgehead atoms. The molecule has 71 heavy (non-hydrogen) atoms. The lowest BCUT2D eigenvalue weighted by Crippen LogP contribution is -2.74. The summed E-state index contributed by atoms with van der Waals surface area (Å²) >= 11 is 7.82. The van der Waals surface area contributed by atoms with E-state index in [-0.39, 0.29) is 78.5 Å². The molecule has 1 aliphatic carbocycles. The smallest absolute Gasteiger partial charge is 0.302 e. The van der Waals surface area contributed by atoms with Crippen molar-refractivity contribution < 1.29 is 38.2 Å². The van der Waals surface area contributed by atoms with Crippen molar-refractivity contribution in [1.82, 2.24) is 20.5 Å². The molecule has 3 amide bonds. The number of halogens is 1. The number of esters is 1. The van der Waals surface area contributed by atoms with Crippen molar-refractivity contribution in [1.29, 1.82) is 5.26 Å². The van der Waals surface area contributed by atoms with E-state index in [1.807, 2.05) is 76.5 Å². The first-order valence-corrected chi connectivity index (χ1v) is 25.7. The largest absolute Gasteiger partial charge is 0.489 e. The number of hydrogen-bond acceptors (Lipinski definition) is 12. The summed E-state index contributed by atoms with van der Waals surface area (Å²) in [4.78, 5) is 73.9. The fraction of sp³-hybridized carbons (Fsp3) is 0.509. The van der Waals surface area contributed by atoms with Crippen molar-refractivity contribution in [3.63, 3.8) is 0 Å². The van der Waals surface area contributed by atoms with Crippen LogP contribution >= 0.6 is 22.9 Å². The van der Waals surface area contributed by atoms with Gasteiger partial charge in [-0.3, -0.25) is 24.0 Å². The number of nitrogens with zero attached hydrogens (tertiary/aromatic N) is 3. The van der Waals surface area contributed by atoms with Crippen molar-refractivity contribution in [2.24, 2.45) is 22.2 Å². The number of anilines is 1. The van der Waals surface area contributed by atoms with Gasteiger partial charge in [-0.05, 0) is 86.1 Å². The highest BCUT2D eigenvalue weighted by molar-refractivity contribution is 7.13. The van der Waals surface area contributed by atoms with Crippen LogP contribution in [0.5, 0.6) is 5.75 Å². The molecule has 0 unspecified atom stereocenters. The second kappa shape index (κ2) is 23.2. The van der Waals surface area contributed by atoms with Gasteiger partial charge in [-0.25, -0.2) is 4.98 Å². The number of Topliss-reactive ketones (excluding diaryl/α,β-unsaturated/α-hetero) is 1. The number of thiazole rings is 1. The van der Waals surface area contributed by atoms with Gasteiger partial charge in [0, 0.05) is 73.0 Å². The van der Waals surface area contributed by atoms with E-state index < -0.39 is 29.4 Å². The van der Waals surface area contributed by atoms with Gasteiger partial charge in [0.25, 0.3) is 5.91 Å². The Labute approximate surface area is 427 Å². The number of benzene rings is 3. The molecule has 2 fully saturated rings. The van der Waals surface area contributed by atoms with Crippen LogP contribution in [0.15, 0.2) is 72.2 Å². The van der Waals surface area contributed by atoms with Crippen molar-refractivity contribution >= 4 is 58.1 Å². The van der Waals surface area contributed by atoms with E-state index in [0.717, 1.165) is 46.6 Å². The summed E-state index contributed by atoms with van der Waals surface area (Å²) in [5, 5.41) is 19.3. The van der Waals surface area contributed by atoms with Crippen molar-refractivity contribution in [2.75, 3.05) is 31.6 Å². The van der Waals surface area contributed by atoms with Gasteiger partial charge in [-0.1, -0.05) is 84.3 Å². The molecule has 16 heteroatoms. The van der Waals surface area contributed by atoms with E-state index >= 15 is 0 Å². The van der Waals surface area contributed by atoms with E-state index in [1.165, 1.54) is 11.8 Å². The van der Waals surface area contributed by atoms with Crippen LogP contribution in [0.25, 0.3) is 10.4 Å². The number of hydrogen-bond donors (Lipinski definition) is 3. The van der Waals surface area contributed by atoms with Gasteiger partial charge in [0.1, 0.15) is 36.7 Å². The molecule has 3 N–H and O–H groups in total. The van der Waals surface area contributed by atoms with Crippen molar-refractivity contribution in [2.45, 2.75) is 132 Å². The highest BCUT2D eigenvalue weighted by Crippen LogP contribution is 2.55. The van der Waals surface area contributed by atoms with Gasteiger partial charge < -0.3 is 35.1 Å². The zero-order chi connectivity index (χ0) is 51.8. The number of rotatable bonds is 21. The molecule has 2 heterocycles. The zero-order valence-corrected chi connectivity index (χ0v) is 44.2. The molecule has 2 aliphatic rings. The minimum absolute atomic E-state index is 0.0539. The molecule has 1 aliphatic heterocycles. The molecule has 1 saturated heterocycles. The zero-order valence-electron chi connectivity index (χ0n) is 42.7. The molecular formula is C55H69ClN6O8S. The lowest BCUT2D eigenvalue weighted by atomic mass is 9.49. The number of unbranched alkanes of at least 4 members (excludes halogenated alkanes) is 2. The number of aromatic nitrogens is 1. The predicted molar refractivity (Wildman–Crippen MR) is 276 cm³/mol. The van der Waals surface area contributed by atoms with Gasteiger partial charge >= 0.3 is 5.97 Å². The van der Waals surface area contributed by atoms with Crippen molar-refractivity contribution in [3.05, 3.63) is 99.6 Å². The Morgan fingerprint density at radius 1 is 0.972 bits per heavy atom. The highest BCUT2D eigenvalue weighted by atomic mass is 35.5. The molecular weight excluding hydrogens is 940 g/mol. The van der Waals surface area contributed by atoms with Gasteiger partial charge in [0.15, 0.2) is 5.78 Å². The minimum atomic E-state index is -0.886. The summed E-state index contributed by atoms with van der Waals surface area (Å²) in [5.74, 6) is -1.71. The van der Waals surface area contributed by atoms with Gasteiger partial charge in [0.05, 0.1) is 39.3 Å². The summed E-state index contributed by atoms with van der Waals surface area (Å²) in [6.07, 6.45) is 1.70. The SMILES string of the molecule is CC(=O)O[C@@H]1C[C@@H](C(=O)N[C@@H](C)c2ccc(-c3scnc3C)cc2)N(C(=O)[C@@H](CC(=O)COCCCCCNc2ccc(C(=O)NC3C(C)(C)C(Oc4ccc(C#N)c(Cl)c4)C3(C)C)cc2)C(C)(C)C)C1. The molecule has 6 rings (SSSR count). The molecule has 1 saturated carbocycles. The topological polar surface area (TPSA) is 189 Å². The maximum Gasteiger partial charge on any atom is 0.302 e. The monoisotopic (exact) mass is 1010 g/mol. The van der Waals surface area contributed by atoms with E-state index in [9.17, 15) is 29.2 Å². The standard InChI is InChI=1S/C55H69ClN6O8S/c1-33(36-14-16-37(17-15-36)47-34(2)59-32-71-47)60-49(66)46-28-43(69-35(3)63)30-62(46)50(67)44(53(4,5)6)26-41(64)31-68-25-13-11-12-24-58-40-21-18-38(19-22-40)48(65)61-51-54(7,8)52(55(51,9)10)70-42-23-20-39(29-57)45(56)27-42/h14-23,27,32-33,43-44,46,51-52,58H,11-13,24-26,28,30-31H2,1-10H3,(H,60,66)(H,61,65)/t33-,43+,44+,46-,51?,52?/m0/s1. The van der Waals surface area contributed by atoms with Crippen LogP contribution in [0.2, 0.25) is 5.02 Å². The van der Waals surface area contributed by atoms with Crippen LogP contribution in [0.4, 0.5) is 5.69 Å². The number of ketones is 1. The third-order valence-corrected chi connectivity index (χ3v) is 15.2. The van der Waals surface area contributed by atoms with Crippen LogP contribution in [0.1, 0.15) is 128 Å². The molecule has 4 aromatic rings. The first-order valence-electron chi connectivity index (χ1n) is 24.4. The summed E-state index contributed by atoms with van der Waals surface area (Å²) in [7, 11) is 0. The summed E-state index contributed by atoms with van der Waals surface area (Å²) in [6.45, 7) is 20.2. The Balaban J connectivity index is 0.914. The molecule has 1 aromatic heterocycles. The van der Waals surface area contributed by atoms with Gasteiger partial charge in [-0.2, -0.15) is 5.26 Å². The fourth-order valence-corrected chi connectivity index (χ4v) is 11.3. The Morgan fingerprint density at radius 3 is 2.27 bits per heavy atom. The maximum atomic E-state index is 14.4. The van der Waals surface area contributed by atoms with Crippen LogP contribution < -0.4 is 20.7 Å². The van der Waals surface area contributed by atoms with Crippen LogP contribution in [0.3, 0.4) is 0 Å². The Morgan fingerprint density at radius 2 is 1.66 bits per heavy atom. The van der Waals surface area contributed by atoms with E-state index in [2.05, 4.69) is 54.7 Å². The average Bonchev–Trinajstić information content (AvgIpc) is 3.95. The maximum absolute atomic E-state index is 14.4. The third kappa shape index (κ3) is 13.4.